The standard InChI is InChI=1S/C5H8Cl/c6-4-5-2-1-3-5/h4-5H,1-3H2. The van der Waals surface area contributed by atoms with Gasteiger partial charge >= 0.3 is 0 Å². The Kier molecular flexibility index (Phi) is 1.36. The van der Waals surface area contributed by atoms with Crippen molar-refractivity contribution < 1.29 is 0 Å². The number of rotatable bonds is 1. The highest BCUT2D eigenvalue weighted by molar-refractivity contribution is 6.23. The third-order valence-electron chi connectivity index (χ3n) is 1.33. The van der Waals surface area contributed by atoms with Crippen molar-refractivity contribution in [3.63, 3.8) is 0 Å². The summed E-state index contributed by atoms with van der Waals surface area (Å²) >= 11 is 5.38. The van der Waals surface area contributed by atoms with E-state index in [0.717, 1.165) is 5.92 Å². The van der Waals surface area contributed by atoms with E-state index in [1.807, 2.05) is 0 Å². The first-order chi connectivity index (χ1) is 2.93. The lowest BCUT2D eigenvalue weighted by Crippen LogP contribution is -2.07. The summed E-state index contributed by atoms with van der Waals surface area (Å²) in [6, 6.07) is 0. The molecule has 1 aliphatic rings. The maximum Gasteiger partial charge on any atom is 0.0530 e. The zero-order chi connectivity index (χ0) is 4.41. The lowest BCUT2D eigenvalue weighted by Gasteiger charge is -2.21. The monoisotopic (exact) mass is 103 g/mol. The second-order valence-corrected chi connectivity index (χ2v) is 2.07. The second-order valence-electron chi connectivity index (χ2n) is 1.82. The van der Waals surface area contributed by atoms with Crippen LogP contribution in [0.3, 0.4) is 0 Å². The summed E-state index contributed by atoms with van der Waals surface area (Å²) < 4.78 is 0. The average molecular weight is 104 g/mol. The molecule has 1 fully saturated rings. The Balaban J connectivity index is 2.01. The first-order valence-corrected chi connectivity index (χ1v) is 2.80. The largest absolute Gasteiger partial charge is 0.121 e. The van der Waals surface area contributed by atoms with Crippen LogP contribution in [0.25, 0.3) is 0 Å². The highest BCUT2D eigenvalue weighted by atomic mass is 35.5. The molecule has 0 aromatic rings. The van der Waals surface area contributed by atoms with Gasteiger partial charge in [0, 0.05) is 0 Å². The maximum atomic E-state index is 5.38. The van der Waals surface area contributed by atoms with Crippen LogP contribution in [-0.4, -0.2) is 0 Å². The van der Waals surface area contributed by atoms with Gasteiger partial charge in [0.15, 0.2) is 0 Å². The normalized spacial score (nSPS) is 23.5. The van der Waals surface area contributed by atoms with Gasteiger partial charge in [-0.05, 0) is 18.8 Å². The Morgan fingerprint density at radius 1 is 1.50 bits per heavy atom. The van der Waals surface area contributed by atoms with Gasteiger partial charge in [-0.15, -0.1) is 11.6 Å². The highest BCUT2D eigenvalue weighted by Crippen LogP contribution is 2.29. The van der Waals surface area contributed by atoms with Crippen LogP contribution in [0.2, 0.25) is 0 Å². The molecule has 0 spiro atoms. The molecule has 0 amide bonds. The van der Waals surface area contributed by atoms with E-state index in [0.29, 0.717) is 0 Å². The molecule has 0 nitrogen and oxygen atoms in total. The smallest absolute Gasteiger partial charge is 0.0530 e. The summed E-state index contributed by atoms with van der Waals surface area (Å²) in [4.78, 5) is 0. The van der Waals surface area contributed by atoms with E-state index in [9.17, 15) is 0 Å². The second kappa shape index (κ2) is 1.83. The first-order valence-electron chi connectivity index (χ1n) is 2.37. The van der Waals surface area contributed by atoms with E-state index < -0.39 is 0 Å². The molecule has 1 heteroatoms. The van der Waals surface area contributed by atoms with Crippen LogP contribution in [-0.2, 0) is 0 Å². The molecule has 0 aliphatic heterocycles. The third kappa shape index (κ3) is 0.676. The molecular weight excluding hydrogens is 95.5 g/mol. The van der Waals surface area contributed by atoms with Gasteiger partial charge < -0.3 is 0 Å². The van der Waals surface area contributed by atoms with E-state index in [4.69, 9.17) is 11.6 Å². The van der Waals surface area contributed by atoms with E-state index in [2.05, 4.69) is 0 Å². The van der Waals surface area contributed by atoms with Crippen LogP contribution in [0.1, 0.15) is 19.3 Å². The van der Waals surface area contributed by atoms with Crippen molar-refractivity contribution in [3.8, 4) is 0 Å². The van der Waals surface area contributed by atoms with Crippen LogP contribution in [0.4, 0.5) is 0 Å². The van der Waals surface area contributed by atoms with E-state index >= 15 is 0 Å². The fraction of sp³-hybridized carbons (Fsp3) is 0.800. The Hall–Kier alpha value is 0.290. The zero-order valence-electron chi connectivity index (χ0n) is 3.65. The molecular formula is C5H8Cl. The quantitative estimate of drug-likeness (QED) is 0.477. The predicted molar refractivity (Wildman–Crippen MR) is 27.5 cm³/mol. The van der Waals surface area contributed by atoms with Gasteiger partial charge in [0.05, 0.1) is 5.88 Å². The fourth-order valence-corrected chi connectivity index (χ4v) is 0.818. The Morgan fingerprint density at radius 3 is 2.17 bits per heavy atom. The van der Waals surface area contributed by atoms with Crippen molar-refractivity contribution in [1.29, 1.82) is 0 Å². The van der Waals surface area contributed by atoms with E-state index in [1.54, 1.807) is 5.88 Å². The minimum absolute atomic E-state index is 0.756. The van der Waals surface area contributed by atoms with Crippen molar-refractivity contribution in [2.45, 2.75) is 19.3 Å². The molecule has 1 saturated carbocycles. The predicted octanol–water partition coefficient (Wildman–Crippen LogP) is 2.19. The summed E-state index contributed by atoms with van der Waals surface area (Å²) in [5.41, 5.74) is 0. The number of hydrogen-bond donors (Lipinski definition) is 0. The SMILES string of the molecule is Cl[CH]C1CCC1. The van der Waals surface area contributed by atoms with Crippen LogP contribution >= 0.6 is 11.6 Å². The maximum absolute atomic E-state index is 5.38. The van der Waals surface area contributed by atoms with Crippen molar-refractivity contribution >= 4 is 11.6 Å². The van der Waals surface area contributed by atoms with E-state index in [1.165, 1.54) is 19.3 Å². The fourth-order valence-electron chi connectivity index (χ4n) is 0.566. The van der Waals surface area contributed by atoms with Gasteiger partial charge in [-0.1, -0.05) is 6.42 Å². The molecule has 35 valence electrons. The minimum Gasteiger partial charge on any atom is -0.121 e. The van der Waals surface area contributed by atoms with Gasteiger partial charge in [-0.3, -0.25) is 0 Å². The van der Waals surface area contributed by atoms with Crippen LogP contribution < -0.4 is 0 Å². The van der Waals surface area contributed by atoms with Crippen molar-refractivity contribution in [2.24, 2.45) is 5.92 Å². The van der Waals surface area contributed by atoms with Crippen molar-refractivity contribution in [1.82, 2.24) is 0 Å². The molecule has 0 heterocycles. The Morgan fingerprint density at radius 2 is 2.17 bits per heavy atom. The molecule has 0 bridgehead atoms. The molecule has 1 radical (unpaired) electrons. The first kappa shape index (κ1) is 4.45. The van der Waals surface area contributed by atoms with Gasteiger partial charge in [0.2, 0.25) is 0 Å². The molecule has 0 aromatic heterocycles. The lowest BCUT2D eigenvalue weighted by molar-refractivity contribution is 0.377. The summed E-state index contributed by atoms with van der Waals surface area (Å²) in [5.74, 6) is 2.54. The van der Waals surface area contributed by atoms with Gasteiger partial charge in [-0.2, -0.15) is 0 Å². The summed E-state index contributed by atoms with van der Waals surface area (Å²) in [6.07, 6.45) is 4.03. The van der Waals surface area contributed by atoms with Crippen LogP contribution in [0.15, 0.2) is 0 Å². The average Bonchev–Trinajstić information content (AvgIpc) is 1.31. The highest BCUT2D eigenvalue weighted by Gasteiger charge is 2.15. The Bertz CT molecular complexity index is 36.4. The summed E-state index contributed by atoms with van der Waals surface area (Å²) in [7, 11) is 0. The minimum atomic E-state index is 0.756. The molecule has 1 rings (SSSR count). The summed E-state index contributed by atoms with van der Waals surface area (Å²) in [5, 5.41) is 0. The molecule has 6 heavy (non-hydrogen) atoms. The Labute approximate surface area is 43.5 Å². The molecule has 0 atom stereocenters. The molecule has 0 unspecified atom stereocenters. The molecule has 0 aromatic carbocycles. The topological polar surface area (TPSA) is 0 Å². The van der Waals surface area contributed by atoms with Crippen LogP contribution in [0.5, 0.6) is 0 Å². The van der Waals surface area contributed by atoms with E-state index in [-0.39, 0.29) is 0 Å². The zero-order valence-corrected chi connectivity index (χ0v) is 4.41. The lowest BCUT2D eigenvalue weighted by atomic mass is 9.87. The van der Waals surface area contributed by atoms with Crippen molar-refractivity contribution in [3.05, 3.63) is 5.88 Å². The summed E-state index contributed by atoms with van der Waals surface area (Å²) in [6.45, 7) is 0. The number of hydrogen-bond acceptors (Lipinski definition) is 0. The molecule has 1 aliphatic carbocycles. The van der Waals surface area contributed by atoms with Gasteiger partial charge in [0.25, 0.3) is 0 Å². The van der Waals surface area contributed by atoms with Crippen molar-refractivity contribution in [2.75, 3.05) is 0 Å². The molecule has 0 N–H and O–H groups in total. The number of halogens is 1. The molecule has 0 saturated heterocycles. The third-order valence-corrected chi connectivity index (χ3v) is 1.68. The van der Waals surface area contributed by atoms with Gasteiger partial charge in [0.1, 0.15) is 0 Å². The van der Waals surface area contributed by atoms with Crippen LogP contribution in [0, 0.1) is 11.8 Å². The van der Waals surface area contributed by atoms with Gasteiger partial charge in [-0.25, -0.2) is 0 Å².